The predicted octanol–water partition coefficient (Wildman–Crippen LogP) is 5.77. The van der Waals surface area contributed by atoms with E-state index in [4.69, 9.17) is 0 Å². The van der Waals surface area contributed by atoms with Gasteiger partial charge in [-0.25, -0.2) is 0 Å². The van der Waals surface area contributed by atoms with E-state index >= 15 is 0 Å². The van der Waals surface area contributed by atoms with Gasteiger partial charge in [0.05, 0.1) is 0 Å². The van der Waals surface area contributed by atoms with Gasteiger partial charge in [0.25, 0.3) is 0 Å². The van der Waals surface area contributed by atoms with E-state index in [0.29, 0.717) is 0 Å². The molecule has 0 unspecified atom stereocenters. The molecule has 0 N–H and O–H groups in total. The molecule has 0 heterocycles. The summed E-state index contributed by atoms with van der Waals surface area (Å²) in [6.07, 6.45) is 5.00. The van der Waals surface area contributed by atoms with Crippen molar-refractivity contribution in [1.29, 1.82) is 0 Å². The van der Waals surface area contributed by atoms with E-state index in [1.807, 2.05) is 46.8 Å². The summed E-state index contributed by atoms with van der Waals surface area (Å²) in [6, 6.07) is 0. The maximum atomic E-state index is 3.82. The van der Waals surface area contributed by atoms with Crippen LogP contribution in [0.5, 0.6) is 0 Å². The highest BCUT2D eigenvalue weighted by atomic mass is 13.9. The molecule has 0 aromatic heterocycles. The second kappa shape index (κ2) is 22.8. The molecule has 0 spiro atoms. The fourth-order valence-corrected chi connectivity index (χ4v) is 0.378. The monoisotopic (exact) mass is 198 g/mol. The molecule has 86 valence electrons. The Bertz CT molecular complexity index is 138. The van der Waals surface area contributed by atoms with E-state index in [-0.39, 0.29) is 7.43 Å². The molecule has 0 fully saturated rings. The van der Waals surface area contributed by atoms with Crippen molar-refractivity contribution in [1.82, 2.24) is 0 Å². The van der Waals surface area contributed by atoms with E-state index < -0.39 is 0 Å². The lowest BCUT2D eigenvalue weighted by Gasteiger charge is -1.89. The van der Waals surface area contributed by atoms with Gasteiger partial charge in [-0.1, -0.05) is 78.5 Å². The first-order valence-electron chi connectivity index (χ1n) is 5.18. The highest BCUT2D eigenvalue weighted by Crippen LogP contribution is 2.00. The fourth-order valence-electron chi connectivity index (χ4n) is 0.378. The zero-order chi connectivity index (χ0) is 11.3. The van der Waals surface area contributed by atoms with Crippen molar-refractivity contribution < 1.29 is 0 Å². The number of hydrogen-bond acceptors (Lipinski definition) is 0. The zero-order valence-corrected chi connectivity index (χ0v) is 10.3. The molecular weight excluding hydrogens is 168 g/mol. The first-order valence-corrected chi connectivity index (χ1v) is 5.18. The van der Waals surface area contributed by atoms with Crippen molar-refractivity contribution >= 4 is 0 Å². The summed E-state index contributed by atoms with van der Waals surface area (Å²) in [5, 5.41) is 0. The first-order chi connectivity index (χ1) is 6.16. The molecule has 0 aromatic rings. The first kappa shape index (κ1) is 23.2. The number of hydrogen-bond donors (Lipinski definition) is 0. The van der Waals surface area contributed by atoms with Crippen LogP contribution in [0.1, 0.15) is 55.4 Å². The molecule has 0 aliphatic rings. The van der Waals surface area contributed by atoms with E-state index in [1.54, 1.807) is 0 Å². The summed E-state index contributed by atoms with van der Waals surface area (Å²) in [5.74, 6) is 0. The molecule has 0 aromatic carbocycles. The Morgan fingerprint density at radius 2 is 1.36 bits per heavy atom. The van der Waals surface area contributed by atoms with E-state index in [0.717, 1.165) is 17.6 Å². The predicted molar refractivity (Wildman–Crippen MR) is 72.8 cm³/mol. The maximum Gasteiger partial charge on any atom is -0.0313 e. The van der Waals surface area contributed by atoms with Gasteiger partial charge in [0, 0.05) is 0 Å². The lowest BCUT2D eigenvalue weighted by molar-refractivity contribution is 1.16. The molecule has 0 rings (SSSR count). The summed E-state index contributed by atoms with van der Waals surface area (Å²) in [6.45, 7) is 19.6. The standard InChI is InChI=1S/C9H14.2C2H6.CH4/c1-5-9(4)7-6-8(2)3;2*1-2;/h6-7H,2,4-5H2,1,3H3;2*1-2H3;1H4/b7-6-;;;. The Balaban J connectivity index is -0.0000000883. The zero-order valence-electron chi connectivity index (χ0n) is 10.3. The summed E-state index contributed by atoms with van der Waals surface area (Å²) in [4.78, 5) is 0. The minimum absolute atomic E-state index is 0. The molecule has 14 heavy (non-hydrogen) atoms. The van der Waals surface area contributed by atoms with Crippen LogP contribution in [0.3, 0.4) is 0 Å². The van der Waals surface area contributed by atoms with Gasteiger partial charge in [0.2, 0.25) is 0 Å². The third-order valence-corrected chi connectivity index (χ3v) is 1.06. The van der Waals surface area contributed by atoms with Crippen molar-refractivity contribution in [3.8, 4) is 0 Å². The van der Waals surface area contributed by atoms with E-state index in [2.05, 4.69) is 20.1 Å². The van der Waals surface area contributed by atoms with Crippen molar-refractivity contribution in [2.45, 2.75) is 55.4 Å². The largest absolute Gasteiger partial charge is 0.0961 e. The van der Waals surface area contributed by atoms with Crippen molar-refractivity contribution in [3.05, 3.63) is 36.5 Å². The Morgan fingerprint density at radius 3 is 1.57 bits per heavy atom. The van der Waals surface area contributed by atoms with Gasteiger partial charge in [-0.3, -0.25) is 0 Å². The molecule has 0 atom stereocenters. The Morgan fingerprint density at radius 1 is 1.00 bits per heavy atom. The summed E-state index contributed by atoms with van der Waals surface area (Å²) in [7, 11) is 0. The second-order valence-electron chi connectivity index (χ2n) is 2.19. The van der Waals surface area contributed by atoms with E-state index in [1.165, 1.54) is 0 Å². The fraction of sp³-hybridized carbons (Fsp3) is 0.571. The Labute approximate surface area is 92.4 Å². The van der Waals surface area contributed by atoms with Crippen LogP contribution in [0.25, 0.3) is 0 Å². The molecular formula is C14H30. The molecule has 0 aliphatic carbocycles. The van der Waals surface area contributed by atoms with Crippen LogP contribution in [0, 0.1) is 0 Å². The average Bonchev–Trinajstić information content (AvgIpc) is 2.20. The molecule has 0 bridgehead atoms. The van der Waals surface area contributed by atoms with E-state index in [9.17, 15) is 0 Å². The lowest BCUT2D eigenvalue weighted by atomic mass is 10.2. The summed E-state index contributed by atoms with van der Waals surface area (Å²) < 4.78 is 0. The average molecular weight is 198 g/mol. The van der Waals surface area contributed by atoms with Crippen molar-refractivity contribution in [2.24, 2.45) is 0 Å². The molecule has 0 nitrogen and oxygen atoms in total. The van der Waals surface area contributed by atoms with Crippen LogP contribution in [-0.4, -0.2) is 0 Å². The minimum Gasteiger partial charge on any atom is -0.0961 e. The van der Waals surface area contributed by atoms with Crippen LogP contribution >= 0.6 is 0 Å². The number of allylic oxidation sites excluding steroid dienone is 4. The van der Waals surface area contributed by atoms with Gasteiger partial charge in [-0.05, 0) is 13.3 Å². The SMILES string of the molecule is C.C=C(C)/C=C\C(=C)CC.CC.CC. The van der Waals surface area contributed by atoms with Gasteiger partial charge >= 0.3 is 0 Å². The molecule has 0 saturated carbocycles. The van der Waals surface area contributed by atoms with Gasteiger partial charge in [0.1, 0.15) is 0 Å². The lowest BCUT2D eigenvalue weighted by Crippen LogP contribution is -1.69. The molecule has 0 radical (unpaired) electrons. The van der Waals surface area contributed by atoms with Crippen LogP contribution in [0.2, 0.25) is 0 Å². The Kier molecular flexibility index (Phi) is 37.8. The summed E-state index contributed by atoms with van der Waals surface area (Å²) >= 11 is 0. The second-order valence-corrected chi connectivity index (χ2v) is 2.19. The van der Waals surface area contributed by atoms with Gasteiger partial charge < -0.3 is 0 Å². The van der Waals surface area contributed by atoms with Crippen molar-refractivity contribution in [3.63, 3.8) is 0 Å². The van der Waals surface area contributed by atoms with Crippen LogP contribution in [-0.2, 0) is 0 Å². The highest BCUT2D eigenvalue weighted by molar-refractivity contribution is 5.22. The normalized spacial score (nSPS) is 7.29. The molecule has 0 aliphatic heterocycles. The molecule has 0 amide bonds. The van der Waals surface area contributed by atoms with Gasteiger partial charge in [-0.2, -0.15) is 0 Å². The van der Waals surface area contributed by atoms with Crippen molar-refractivity contribution in [2.75, 3.05) is 0 Å². The number of rotatable bonds is 3. The maximum absolute atomic E-state index is 3.82. The quantitative estimate of drug-likeness (QED) is 0.505. The third kappa shape index (κ3) is 30.3. The van der Waals surface area contributed by atoms with Crippen LogP contribution < -0.4 is 0 Å². The van der Waals surface area contributed by atoms with Gasteiger partial charge in [0.15, 0.2) is 0 Å². The van der Waals surface area contributed by atoms with Crippen LogP contribution in [0.15, 0.2) is 36.5 Å². The van der Waals surface area contributed by atoms with Gasteiger partial charge in [-0.15, -0.1) is 0 Å². The smallest absolute Gasteiger partial charge is 0.0313 e. The topological polar surface area (TPSA) is 0 Å². The Hall–Kier alpha value is -0.780. The molecule has 0 heteroatoms. The molecule has 0 saturated heterocycles. The minimum atomic E-state index is 0. The highest BCUT2D eigenvalue weighted by Gasteiger charge is 1.79. The van der Waals surface area contributed by atoms with Crippen LogP contribution in [0.4, 0.5) is 0 Å². The third-order valence-electron chi connectivity index (χ3n) is 1.06. The summed E-state index contributed by atoms with van der Waals surface area (Å²) in [5.41, 5.74) is 2.22.